The standard InChI is InChI=1S/C26H32N2O5/c1-4-16(2)23(25(30)31)28-24(29)17(3)13-14-27-26(32)33-15-22-20-11-7-5-9-18(20)19-10-6-8-12-21(19)22/h5-12,16-17,22-23H,4,13-15H2,1-3H3,(H,27,32)(H,28,29)(H,30,31)/t16-,17?,23-/m0/s1. The lowest BCUT2D eigenvalue weighted by atomic mass is 9.98. The Morgan fingerprint density at radius 2 is 1.58 bits per heavy atom. The fourth-order valence-electron chi connectivity index (χ4n) is 4.15. The first kappa shape index (κ1) is 24.3. The molecule has 0 aliphatic heterocycles. The molecule has 1 aliphatic rings. The van der Waals surface area contributed by atoms with Crippen LogP contribution in [0.4, 0.5) is 4.79 Å². The lowest BCUT2D eigenvalue weighted by Crippen LogP contribution is -2.47. The van der Waals surface area contributed by atoms with Crippen LogP contribution in [-0.2, 0) is 14.3 Å². The maximum Gasteiger partial charge on any atom is 0.407 e. The van der Waals surface area contributed by atoms with Gasteiger partial charge < -0.3 is 20.5 Å². The molecule has 0 saturated carbocycles. The first-order valence-corrected chi connectivity index (χ1v) is 11.5. The van der Waals surface area contributed by atoms with Crippen molar-refractivity contribution in [1.82, 2.24) is 10.6 Å². The zero-order chi connectivity index (χ0) is 24.0. The molecule has 0 spiro atoms. The molecule has 7 heteroatoms. The lowest BCUT2D eigenvalue weighted by Gasteiger charge is -2.22. The minimum atomic E-state index is -1.04. The molecule has 1 unspecified atom stereocenters. The van der Waals surface area contributed by atoms with E-state index in [0.29, 0.717) is 12.8 Å². The molecule has 33 heavy (non-hydrogen) atoms. The van der Waals surface area contributed by atoms with Gasteiger partial charge in [-0.15, -0.1) is 0 Å². The number of hydrogen-bond acceptors (Lipinski definition) is 4. The highest BCUT2D eigenvalue weighted by Crippen LogP contribution is 2.44. The Morgan fingerprint density at radius 3 is 2.12 bits per heavy atom. The van der Waals surface area contributed by atoms with Crippen LogP contribution >= 0.6 is 0 Å². The number of carbonyl (C=O) groups is 3. The van der Waals surface area contributed by atoms with E-state index >= 15 is 0 Å². The van der Waals surface area contributed by atoms with Crippen LogP contribution in [-0.4, -0.2) is 42.3 Å². The third kappa shape index (κ3) is 5.72. The Balaban J connectivity index is 1.47. The van der Waals surface area contributed by atoms with Crippen LogP contribution in [0.1, 0.15) is 50.7 Å². The van der Waals surface area contributed by atoms with E-state index in [-0.39, 0.29) is 30.9 Å². The summed E-state index contributed by atoms with van der Waals surface area (Å²) >= 11 is 0. The number of carboxylic acid groups (broad SMARTS) is 1. The smallest absolute Gasteiger partial charge is 0.407 e. The van der Waals surface area contributed by atoms with Crippen molar-refractivity contribution in [2.24, 2.45) is 11.8 Å². The summed E-state index contributed by atoms with van der Waals surface area (Å²) < 4.78 is 5.50. The average molecular weight is 453 g/mol. The Bertz CT molecular complexity index is 960. The van der Waals surface area contributed by atoms with Crippen LogP contribution in [0.2, 0.25) is 0 Å². The van der Waals surface area contributed by atoms with Gasteiger partial charge in [-0.25, -0.2) is 9.59 Å². The van der Waals surface area contributed by atoms with Gasteiger partial charge in [-0.05, 0) is 34.6 Å². The summed E-state index contributed by atoms with van der Waals surface area (Å²) in [6.45, 7) is 5.87. The molecule has 0 radical (unpaired) electrons. The maximum atomic E-state index is 12.4. The summed E-state index contributed by atoms with van der Waals surface area (Å²) in [6, 6.07) is 15.3. The minimum absolute atomic E-state index is 0.0126. The molecule has 0 fully saturated rings. The van der Waals surface area contributed by atoms with E-state index in [9.17, 15) is 19.5 Å². The number of fused-ring (bicyclic) bond motifs is 3. The van der Waals surface area contributed by atoms with Crippen molar-refractivity contribution in [2.75, 3.05) is 13.2 Å². The van der Waals surface area contributed by atoms with E-state index in [4.69, 9.17) is 4.74 Å². The zero-order valence-electron chi connectivity index (χ0n) is 19.3. The monoisotopic (exact) mass is 452 g/mol. The number of ether oxygens (including phenoxy) is 1. The highest BCUT2D eigenvalue weighted by molar-refractivity contribution is 5.85. The summed E-state index contributed by atoms with van der Waals surface area (Å²) in [5.41, 5.74) is 4.62. The van der Waals surface area contributed by atoms with Gasteiger partial charge in [0.2, 0.25) is 5.91 Å². The van der Waals surface area contributed by atoms with Gasteiger partial charge >= 0.3 is 12.1 Å². The highest BCUT2D eigenvalue weighted by Gasteiger charge is 2.29. The molecule has 176 valence electrons. The molecule has 2 amide bonds. The van der Waals surface area contributed by atoms with Gasteiger partial charge in [0.05, 0.1) is 0 Å². The second kappa shape index (κ2) is 11.0. The molecule has 7 nitrogen and oxygen atoms in total. The molecule has 0 aromatic heterocycles. The van der Waals surface area contributed by atoms with Crippen LogP contribution < -0.4 is 10.6 Å². The van der Waals surface area contributed by atoms with E-state index in [1.54, 1.807) is 13.8 Å². The second-order valence-electron chi connectivity index (χ2n) is 8.65. The van der Waals surface area contributed by atoms with Crippen LogP contribution in [0.15, 0.2) is 48.5 Å². The Kier molecular flexibility index (Phi) is 8.09. The van der Waals surface area contributed by atoms with Crippen molar-refractivity contribution >= 4 is 18.0 Å². The molecule has 3 atom stereocenters. The topological polar surface area (TPSA) is 105 Å². The summed E-state index contributed by atoms with van der Waals surface area (Å²) in [5.74, 6) is -2.00. The fraction of sp³-hybridized carbons (Fsp3) is 0.423. The number of amides is 2. The molecule has 2 aromatic rings. The molecule has 3 N–H and O–H groups in total. The van der Waals surface area contributed by atoms with E-state index < -0.39 is 24.0 Å². The molecule has 0 heterocycles. The molecule has 0 saturated heterocycles. The molecule has 2 aromatic carbocycles. The number of aliphatic carboxylic acids is 1. The van der Waals surface area contributed by atoms with Crippen molar-refractivity contribution in [3.63, 3.8) is 0 Å². The number of rotatable bonds is 10. The maximum absolute atomic E-state index is 12.4. The number of carboxylic acids is 1. The Hall–Kier alpha value is -3.35. The quantitative estimate of drug-likeness (QED) is 0.502. The van der Waals surface area contributed by atoms with Crippen LogP contribution in [0.5, 0.6) is 0 Å². The van der Waals surface area contributed by atoms with Gasteiger partial charge in [0.25, 0.3) is 0 Å². The molecule has 3 rings (SSSR count). The number of benzene rings is 2. The first-order valence-electron chi connectivity index (χ1n) is 11.5. The molecular weight excluding hydrogens is 420 g/mol. The Labute approximate surface area is 194 Å². The van der Waals surface area contributed by atoms with Crippen LogP contribution in [0.25, 0.3) is 11.1 Å². The second-order valence-corrected chi connectivity index (χ2v) is 8.65. The largest absolute Gasteiger partial charge is 0.480 e. The van der Waals surface area contributed by atoms with E-state index in [1.165, 1.54) is 11.1 Å². The van der Waals surface area contributed by atoms with E-state index in [0.717, 1.165) is 11.1 Å². The summed E-state index contributed by atoms with van der Waals surface area (Å²) in [7, 11) is 0. The lowest BCUT2D eigenvalue weighted by molar-refractivity contribution is -0.143. The Morgan fingerprint density at radius 1 is 1.00 bits per heavy atom. The summed E-state index contributed by atoms with van der Waals surface area (Å²) in [5, 5.41) is 14.6. The third-order valence-electron chi connectivity index (χ3n) is 6.41. The first-order chi connectivity index (χ1) is 15.8. The number of nitrogens with one attached hydrogen (secondary N) is 2. The summed E-state index contributed by atoms with van der Waals surface area (Å²) in [4.78, 5) is 36.0. The molecular formula is C26H32N2O5. The van der Waals surface area contributed by atoms with Crippen molar-refractivity contribution in [1.29, 1.82) is 0 Å². The predicted octanol–water partition coefficient (Wildman–Crippen LogP) is 4.17. The number of alkyl carbamates (subject to hydrolysis) is 1. The third-order valence-corrected chi connectivity index (χ3v) is 6.41. The van der Waals surface area contributed by atoms with Gasteiger partial charge in [-0.1, -0.05) is 75.7 Å². The number of hydrogen-bond donors (Lipinski definition) is 3. The van der Waals surface area contributed by atoms with Gasteiger partial charge in [0.1, 0.15) is 12.6 Å². The zero-order valence-corrected chi connectivity index (χ0v) is 19.3. The van der Waals surface area contributed by atoms with Crippen LogP contribution in [0, 0.1) is 11.8 Å². The predicted molar refractivity (Wildman–Crippen MR) is 126 cm³/mol. The minimum Gasteiger partial charge on any atom is -0.480 e. The van der Waals surface area contributed by atoms with Crippen molar-refractivity contribution in [2.45, 2.75) is 45.6 Å². The average Bonchev–Trinajstić information content (AvgIpc) is 3.14. The van der Waals surface area contributed by atoms with Crippen molar-refractivity contribution < 1.29 is 24.2 Å². The van der Waals surface area contributed by atoms with Gasteiger partial charge in [0.15, 0.2) is 0 Å². The van der Waals surface area contributed by atoms with Crippen LogP contribution in [0.3, 0.4) is 0 Å². The summed E-state index contributed by atoms with van der Waals surface area (Å²) in [6.07, 6.45) is 0.491. The van der Waals surface area contributed by atoms with Crippen molar-refractivity contribution in [3.8, 4) is 11.1 Å². The van der Waals surface area contributed by atoms with Gasteiger partial charge in [0, 0.05) is 18.4 Å². The van der Waals surface area contributed by atoms with E-state index in [1.807, 2.05) is 31.2 Å². The highest BCUT2D eigenvalue weighted by atomic mass is 16.5. The van der Waals surface area contributed by atoms with E-state index in [2.05, 4.69) is 34.9 Å². The van der Waals surface area contributed by atoms with Gasteiger partial charge in [-0.3, -0.25) is 4.79 Å². The molecule has 0 bridgehead atoms. The molecule has 1 aliphatic carbocycles. The SMILES string of the molecule is CC[C@H](C)[C@H](NC(=O)C(C)CCNC(=O)OCC1c2ccccc2-c2ccccc21)C(=O)O. The number of carbonyl (C=O) groups excluding carboxylic acids is 2. The van der Waals surface area contributed by atoms with Crippen molar-refractivity contribution in [3.05, 3.63) is 59.7 Å². The normalized spacial score (nSPS) is 15.0. The van der Waals surface area contributed by atoms with Gasteiger partial charge in [-0.2, -0.15) is 0 Å². The fourth-order valence-corrected chi connectivity index (χ4v) is 4.15.